The molecule has 0 spiro atoms. The number of halogens is 1. The third kappa shape index (κ3) is 2.63. The summed E-state index contributed by atoms with van der Waals surface area (Å²) in [4.78, 5) is 0. The maximum absolute atomic E-state index is 9.22. The number of ether oxygens (including phenoxy) is 1. The van der Waals surface area contributed by atoms with Crippen LogP contribution < -0.4 is 4.74 Å². The first kappa shape index (κ1) is 13.7. The standard InChI is InChI=1S/C18H12BrNO/c1-12-6-8-16(14(10-12)11-20)21-17-9-7-13-4-2-3-5-15(13)18(17)19/h2-10H,1H3. The van der Waals surface area contributed by atoms with Gasteiger partial charge in [0.15, 0.2) is 0 Å². The van der Waals surface area contributed by atoms with Gasteiger partial charge in [0.1, 0.15) is 17.6 Å². The summed E-state index contributed by atoms with van der Waals surface area (Å²) in [6, 6.07) is 19.8. The highest BCUT2D eigenvalue weighted by molar-refractivity contribution is 9.10. The first-order chi connectivity index (χ1) is 10.2. The van der Waals surface area contributed by atoms with Crippen molar-refractivity contribution in [2.45, 2.75) is 6.92 Å². The van der Waals surface area contributed by atoms with E-state index in [9.17, 15) is 5.26 Å². The molecule has 0 fully saturated rings. The van der Waals surface area contributed by atoms with E-state index >= 15 is 0 Å². The van der Waals surface area contributed by atoms with Crippen LogP contribution in [0.1, 0.15) is 11.1 Å². The summed E-state index contributed by atoms with van der Waals surface area (Å²) in [7, 11) is 0. The van der Waals surface area contributed by atoms with E-state index in [1.54, 1.807) is 0 Å². The number of fused-ring (bicyclic) bond motifs is 1. The molecule has 0 saturated heterocycles. The molecular weight excluding hydrogens is 326 g/mol. The van der Waals surface area contributed by atoms with Crippen LogP contribution in [0, 0.1) is 18.3 Å². The second-order valence-corrected chi connectivity index (χ2v) is 5.61. The predicted molar refractivity (Wildman–Crippen MR) is 87.6 cm³/mol. The third-order valence-corrected chi connectivity index (χ3v) is 4.12. The number of hydrogen-bond donors (Lipinski definition) is 0. The lowest BCUT2D eigenvalue weighted by Gasteiger charge is -2.11. The van der Waals surface area contributed by atoms with Gasteiger partial charge in [-0.15, -0.1) is 0 Å². The van der Waals surface area contributed by atoms with Crippen LogP contribution in [0.25, 0.3) is 10.8 Å². The molecule has 2 nitrogen and oxygen atoms in total. The van der Waals surface area contributed by atoms with Gasteiger partial charge < -0.3 is 4.74 Å². The summed E-state index contributed by atoms with van der Waals surface area (Å²) in [6.45, 7) is 1.95. The van der Waals surface area contributed by atoms with Crippen molar-refractivity contribution < 1.29 is 4.74 Å². The van der Waals surface area contributed by atoms with Gasteiger partial charge in [-0.1, -0.05) is 36.4 Å². The van der Waals surface area contributed by atoms with E-state index < -0.39 is 0 Å². The lowest BCUT2D eigenvalue weighted by molar-refractivity contribution is 0.479. The number of rotatable bonds is 2. The SMILES string of the molecule is Cc1ccc(Oc2ccc3ccccc3c2Br)c(C#N)c1. The molecule has 0 aliphatic carbocycles. The van der Waals surface area contributed by atoms with Crippen LogP contribution >= 0.6 is 15.9 Å². The molecule has 0 aromatic heterocycles. The summed E-state index contributed by atoms with van der Waals surface area (Å²) in [6.07, 6.45) is 0. The van der Waals surface area contributed by atoms with Gasteiger partial charge in [-0.05, 0) is 57.4 Å². The molecular formula is C18H12BrNO. The minimum absolute atomic E-state index is 0.537. The molecule has 102 valence electrons. The molecule has 21 heavy (non-hydrogen) atoms. The largest absolute Gasteiger partial charge is 0.455 e. The molecule has 0 heterocycles. The highest BCUT2D eigenvalue weighted by Crippen LogP contribution is 2.36. The minimum Gasteiger partial charge on any atom is -0.455 e. The summed E-state index contributed by atoms with van der Waals surface area (Å²) in [5, 5.41) is 11.4. The highest BCUT2D eigenvalue weighted by Gasteiger charge is 2.10. The molecule has 0 atom stereocenters. The van der Waals surface area contributed by atoms with Gasteiger partial charge >= 0.3 is 0 Å². The lowest BCUT2D eigenvalue weighted by Crippen LogP contribution is -1.90. The quantitative estimate of drug-likeness (QED) is 0.611. The molecule has 0 amide bonds. The Hall–Kier alpha value is -2.31. The Morgan fingerprint density at radius 2 is 1.76 bits per heavy atom. The monoisotopic (exact) mass is 337 g/mol. The van der Waals surface area contributed by atoms with Crippen LogP contribution in [-0.4, -0.2) is 0 Å². The third-order valence-electron chi connectivity index (χ3n) is 3.30. The highest BCUT2D eigenvalue weighted by atomic mass is 79.9. The Bertz CT molecular complexity index is 865. The Balaban J connectivity index is 2.07. The van der Waals surface area contributed by atoms with Gasteiger partial charge in [0.2, 0.25) is 0 Å². The summed E-state index contributed by atoms with van der Waals surface area (Å²) in [5.74, 6) is 1.27. The van der Waals surface area contributed by atoms with Crippen molar-refractivity contribution >= 4 is 26.7 Å². The fourth-order valence-corrected chi connectivity index (χ4v) is 2.81. The molecule has 0 saturated carbocycles. The molecule has 0 aliphatic heterocycles. The van der Waals surface area contributed by atoms with Crippen molar-refractivity contribution in [1.29, 1.82) is 5.26 Å². The maximum Gasteiger partial charge on any atom is 0.145 e. The molecule has 0 unspecified atom stereocenters. The Kier molecular flexibility index (Phi) is 3.64. The Morgan fingerprint density at radius 1 is 1.00 bits per heavy atom. The van der Waals surface area contributed by atoms with Crippen molar-refractivity contribution in [3.05, 3.63) is 70.2 Å². The van der Waals surface area contributed by atoms with Crippen LogP contribution in [0.5, 0.6) is 11.5 Å². The molecule has 3 heteroatoms. The minimum atomic E-state index is 0.537. The second kappa shape index (κ2) is 5.59. The number of nitriles is 1. The van der Waals surface area contributed by atoms with Crippen LogP contribution in [0.2, 0.25) is 0 Å². The number of nitrogens with zero attached hydrogens (tertiary/aromatic N) is 1. The summed E-state index contributed by atoms with van der Waals surface area (Å²) >= 11 is 3.59. The van der Waals surface area contributed by atoms with E-state index in [2.05, 4.69) is 28.1 Å². The van der Waals surface area contributed by atoms with Gasteiger partial charge in [0, 0.05) is 0 Å². The van der Waals surface area contributed by atoms with Crippen molar-refractivity contribution in [3.8, 4) is 17.6 Å². The molecule has 0 radical (unpaired) electrons. The first-order valence-electron chi connectivity index (χ1n) is 6.55. The average Bonchev–Trinajstić information content (AvgIpc) is 2.51. The maximum atomic E-state index is 9.22. The van der Waals surface area contributed by atoms with Gasteiger partial charge in [-0.3, -0.25) is 0 Å². The molecule has 3 aromatic rings. The van der Waals surface area contributed by atoms with E-state index in [0.29, 0.717) is 17.1 Å². The average molecular weight is 338 g/mol. The van der Waals surface area contributed by atoms with E-state index in [-0.39, 0.29) is 0 Å². The number of benzene rings is 3. The predicted octanol–water partition coefficient (Wildman–Crippen LogP) is 5.57. The zero-order chi connectivity index (χ0) is 14.8. The van der Waals surface area contributed by atoms with E-state index in [0.717, 1.165) is 20.8 Å². The Labute approximate surface area is 131 Å². The van der Waals surface area contributed by atoms with E-state index in [1.165, 1.54) is 0 Å². The normalized spacial score (nSPS) is 10.3. The van der Waals surface area contributed by atoms with Crippen molar-refractivity contribution in [1.82, 2.24) is 0 Å². The topological polar surface area (TPSA) is 33.0 Å². The van der Waals surface area contributed by atoms with Gasteiger partial charge in [-0.25, -0.2) is 0 Å². The Morgan fingerprint density at radius 3 is 2.57 bits per heavy atom. The van der Waals surface area contributed by atoms with Gasteiger partial charge in [-0.2, -0.15) is 5.26 Å². The van der Waals surface area contributed by atoms with Crippen LogP contribution in [0.3, 0.4) is 0 Å². The molecule has 3 rings (SSSR count). The zero-order valence-electron chi connectivity index (χ0n) is 11.4. The van der Waals surface area contributed by atoms with E-state index in [1.807, 2.05) is 55.5 Å². The first-order valence-corrected chi connectivity index (χ1v) is 7.34. The van der Waals surface area contributed by atoms with Crippen molar-refractivity contribution in [2.75, 3.05) is 0 Å². The molecule has 3 aromatic carbocycles. The fourth-order valence-electron chi connectivity index (χ4n) is 2.23. The van der Waals surface area contributed by atoms with Crippen LogP contribution in [0.15, 0.2) is 59.1 Å². The smallest absolute Gasteiger partial charge is 0.145 e. The summed E-state index contributed by atoms with van der Waals surface area (Å²) < 4.78 is 6.82. The molecule has 0 N–H and O–H groups in total. The van der Waals surface area contributed by atoms with E-state index in [4.69, 9.17) is 4.74 Å². The van der Waals surface area contributed by atoms with Crippen molar-refractivity contribution in [3.63, 3.8) is 0 Å². The van der Waals surface area contributed by atoms with Gasteiger partial charge in [0.05, 0.1) is 10.0 Å². The second-order valence-electron chi connectivity index (χ2n) is 4.81. The molecule has 0 aliphatic rings. The summed E-state index contributed by atoms with van der Waals surface area (Å²) in [5.41, 5.74) is 1.58. The number of hydrogen-bond acceptors (Lipinski definition) is 2. The van der Waals surface area contributed by atoms with Crippen LogP contribution in [0.4, 0.5) is 0 Å². The molecule has 0 bridgehead atoms. The number of aryl methyl sites for hydroxylation is 1. The zero-order valence-corrected chi connectivity index (χ0v) is 13.0. The van der Waals surface area contributed by atoms with Crippen LogP contribution in [-0.2, 0) is 0 Å². The van der Waals surface area contributed by atoms with Crippen molar-refractivity contribution in [2.24, 2.45) is 0 Å². The fraction of sp³-hybridized carbons (Fsp3) is 0.0556. The van der Waals surface area contributed by atoms with Gasteiger partial charge in [0.25, 0.3) is 0 Å². The lowest BCUT2D eigenvalue weighted by atomic mass is 10.1.